The van der Waals surface area contributed by atoms with E-state index in [9.17, 15) is 8.42 Å². The highest BCUT2D eigenvalue weighted by Gasteiger charge is 2.31. The zero-order valence-corrected chi connectivity index (χ0v) is 15.2. The quantitative estimate of drug-likeness (QED) is 0.388. The third-order valence-electron chi connectivity index (χ3n) is 3.69. The molecule has 0 bridgehead atoms. The highest BCUT2D eigenvalue weighted by Crippen LogP contribution is 2.33. The molecule has 1 aromatic rings. The van der Waals surface area contributed by atoms with Crippen molar-refractivity contribution in [3.8, 4) is 0 Å². The van der Waals surface area contributed by atoms with Gasteiger partial charge in [-0.15, -0.1) is 18.2 Å². The number of rotatable bonds is 10. The molecule has 23 heavy (non-hydrogen) atoms. The van der Waals surface area contributed by atoms with Crippen molar-refractivity contribution in [2.24, 2.45) is 5.41 Å². The van der Waals surface area contributed by atoms with E-state index in [1.54, 1.807) is 6.08 Å². The highest BCUT2D eigenvalue weighted by atomic mass is 35.5. The van der Waals surface area contributed by atoms with Crippen LogP contribution in [0.1, 0.15) is 32.3 Å². The summed E-state index contributed by atoms with van der Waals surface area (Å²) in [5.74, 6) is -0.332. The monoisotopic (exact) mass is 360 g/mol. The van der Waals surface area contributed by atoms with E-state index in [1.165, 1.54) is 0 Å². The van der Waals surface area contributed by atoms with Gasteiger partial charge in [-0.2, -0.15) is 8.42 Å². The molecular formula is C17H25ClO4S. The fourth-order valence-electron chi connectivity index (χ4n) is 2.44. The smallest absolute Gasteiger partial charge is 0.264 e. The first-order chi connectivity index (χ1) is 10.6. The maximum atomic E-state index is 10.8. The molecule has 4 nitrogen and oxygen atoms in total. The molecule has 0 aliphatic heterocycles. The van der Waals surface area contributed by atoms with Gasteiger partial charge >= 0.3 is 0 Å². The maximum absolute atomic E-state index is 10.8. The predicted octanol–water partition coefficient (Wildman–Crippen LogP) is 4.06. The molecule has 1 aromatic carbocycles. The number of alkyl halides is 1. The number of benzene rings is 1. The molecule has 0 aliphatic rings. The zero-order valence-electron chi connectivity index (χ0n) is 13.6. The van der Waals surface area contributed by atoms with Crippen LogP contribution in [0.2, 0.25) is 0 Å². The summed E-state index contributed by atoms with van der Waals surface area (Å²) in [5, 5.41) is -0.366. The van der Waals surface area contributed by atoms with E-state index in [1.807, 2.05) is 44.2 Å². The van der Waals surface area contributed by atoms with E-state index in [0.29, 0.717) is 13.0 Å². The van der Waals surface area contributed by atoms with Gasteiger partial charge in [0.2, 0.25) is 0 Å². The van der Waals surface area contributed by atoms with Crippen LogP contribution in [0.5, 0.6) is 0 Å². The maximum Gasteiger partial charge on any atom is 0.264 e. The van der Waals surface area contributed by atoms with Crippen LogP contribution in [0.15, 0.2) is 43.0 Å². The van der Waals surface area contributed by atoms with Gasteiger partial charge in [0.05, 0.1) is 18.5 Å². The van der Waals surface area contributed by atoms with Crippen molar-refractivity contribution in [1.82, 2.24) is 0 Å². The van der Waals surface area contributed by atoms with Crippen LogP contribution in [0.25, 0.3) is 0 Å². The largest absolute Gasteiger partial charge is 0.369 e. The molecule has 0 saturated heterocycles. The number of hydrogen-bond acceptors (Lipinski definition) is 3. The van der Waals surface area contributed by atoms with Gasteiger partial charge in [-0.25, -0.2) is 0 Å². The molecule has 0 amide bonds. The van der Waals surface area contributed by atoms with E-state index in [-0.39, 0.29) is 29.1 Å². The van der Waals surface area contributed by atoms with Crippen LogP contribution in [-0.4, -0.2) is 30.2 Å². The summed E-state index contributed by atoms with van der Waals surface area (Å²) in [6.07, 6.45) is 2.28. The lowest BCUT2D eigenvalue weighted by Gasteiger charge is -2.34. The lowest BCUT2D eigenvalue weighted by atomic mass is 9.81. The molecule has 1 N–H and O–H groups in total. The summed E-state index contributed by atoms with van der Waals surface area (Å²) < 4.78 is 36.4. The van der Waals surface area contributed by atoms with E-state index >= 15 is 0 Å². The zero-order chi connectivity index (χ0) is 17.5. The Morgan fingerprint density at radius 1 is 1.35 bits per heavy atom. The first kappa shape index (κ1) is 20.2. The summed E-state index contributed by atoms with van der Waals surface area (Å²) in [6, 6.07) is 9.84. The molecule has 2 unspecified atom stereocenters. The SMILES string of the molecule is C=CC(OCc1ccccc1)C(C)(C)CC(Cl)CCS(=O)(=O)O. The number of halogens is 1. The van der Waals surface area contributed by atoms with Crippen molar-refractivity contribution < 1.29 is 17.7 Å². The van der Waals surface area contributed by atoms with E-state index in [2.05, 4.69) is 6.58 Å². The van der Waals surface area contributed by atoms with Crippen molar-refractivity contribution in [2.45, 2.75) is 44.8 Å². The van der Waals surface area contributed by atoms with Crippen molar-refractivity contribution in [1.29, 1.82) is 0 Å². The standard InChI is InChI=1S/C17H25ClO4S/c1-4-16(22-13-14-8-6-5-7-9-14)17(2,3)12-15(18)10-11-23(19,20)21/h4-9,15-16H,1,10-13H2,2-3H3,(H,19,20,21). The summed E-state index contributed by atoms with van der Waals surface area (Å²) in [4.78, 5) is 0. The Bertz CT molecular complexity index is 584. The van der Waals surface area contributed by atoms with Gasteiger partial charge in [0.15, 0.2) is 0 Å². The Hall–Kier alpha value is -0.880. The normalized spacial score (nSPS) is 15.1. The second kappa shape index (κ2) is 8.83. The Morgan fingerprint density at radius 2 is 1.96 bits per heavy atom. The van der Waals surface area contributed by atoms with E-state index in [4.69, 9.17) is 20.9 Å². The van der Waals surface area contributed by atoms with Gasteiger partial charge in [0.1, 0.15) is 0 Å². The fraction of sp³-hybridized carbons (Fsp3) is 0.529. The molecule has 0 aromatic heterocycles. The van der Waals surface area contributed by atoms with Crippen molar-refractivity contribution in [3.05, 3.63) is 48.6 Å². The molecule has 6 heteroatoms. The first-order valence-corrected chi connectivity index (χ1v) is 9.56. The molecule has 2 atom stereocenters. The minimum Gasteiger partial charge on any atom is -0.369 e. The van der Waals surface area contributed by atoms with Crippen LogP contribution < -0.4 is 0 Å². The second-order valence-corrected chi connectivity index (χ2v) is 8.51. The van der Waals surface area contributed by atoms with Crippen LogP contribution in [0.4, 0.5) is 0 Å². The highest BCUT2D eigenvalue weighted by molar-refractivity contribution is 7.85. The average Bonchev–Trinajstić information content (AvgIpc) is 2.45. The first-order valence-electron chi connectivity index (χ1n) is 7.51. The summed E-state index contributed by atoms with van der Waals surface area (Å²) in [5.41, 5.74) is 0.770. The third kappa shape index (κ3) is 7.97. The van der Waals surface area contributed by atoms with Crippen LogP contribution in [0, 0.1) is 5.41 Å². The van der Waals surface area contributed by atoms with Crippen LogP contribution in [0.3, 0.4) is 0 Å². The van der Waals surface area contributed by atoms with Gasteiger partial charge in [-0.05, 0) is 23.8 Å². The van der Waals surface area contributed by atoms with E-state index < -0.39 is 10.1 Å². The second-order valence-electron chi connectivity index (χ2n) is 6.32. The molecule has 1 rings (SSSR count). The molecule has 0 radical (unpaired) electrons. The number of ether oxygens (including phenoxy) is 1. The van der Waals surface area contributed by atoms with Crippen LogP contribution in [-0.2, 0) is 21.5 Å². The molecule has 130 valence electrons. The summed E-state index contributed by atoms with van der Waals surface area (Å²) in [6.45, 7) is 8.31. The molecule has 0 aliphatic carbocycles. The predicted molar refractivity (Wildman–Crippen MR) is 94.3 cm³/mol. The summed E-state index contributed by atoms with van der Waals surface area (Å²) in [7, 11) is -3.98. The number of hydrogen-bond donors (Lipinski definition) is 1. The third-order valence-corrected chi connectivity index (χ3v) is 4.82. The van der Waals surface area contributed by atoms with Crippen molar-refractivity contribution in [3.63, 3.8) is 0 Å². The van der Waals surface area contributed by atoms with Gasteiger partial charge in [0, 0.05) is 5.38 Å². The van der Waals surface area contributed by atoms with Gasteiger partial charge in [-0.3, -0.25) is 4.55 Å². The van der Waals surface area contributed by atoms with Crippen LogP contribution >= 0.6 is 11.6 Å². The minimum absolute atomic E-state index is 0.201. The van der Waals surface area contributed by atoms with Crippen molar-refractivity contribution in [2.75, 3.05) is 5.75 Å². The Kier molecular flexibility index (Phi) is 7.74. The lowest BCUT2D eigenvalue weighted by Crippen LogP contribution is -2.33. The molecule has 0 saturated carbocycles. The molecular weight excluding hydrogens is 336 g/mol. The molecule has 0 heterocycles. The Labute approximate surface area is 144 Å². The Morgan fingerprint density at radius 3 is 2.48 bits per heavy atom. The minimum atomic E-state index is -3.98. The molecule has 0 fully saturated rings. The van der Waals surface area contributed by atoms with E-state index in [0.717, 1.165) is 5.56 Å². The lowest BCUT2D eigenvalue weighted by molar-refractivity contribution is -0.00797. The van der Waals surface area contributed by atoms with Gasteiger partial charge < -0.3 is 4.74 Å². The topological polar surface area (TPSA) is 63.6 Å². The van der Waals surface area contributed by atoms with Crippen molar-refractivity contribution >= 4 is 21.7 Å². The summed E-state index contributed by atoms with van der Waals surface area (Å²) >= 11 is 6.22. The average molecular weight is 361 g/mol. The van der Waals surface area contributed by atoms with Gasteiger partial charge in [0.25, 0.3) is 10.1 Å². The molecule has 0 spiro atoms. The van der Waals surface area contributed by atoms with Gasteiger partial charge in [-0.1, -0.05) is 50.3 Å². The fourth-order valence-corrected chi connectivity index (χ4v) is 3.66. The Balaban J connectivity index is 2.58.